The monoisotopic (exact) mass is 263 g/mol. The Kier molecular flexibility index (Phi) is 3.71. The van der Waals surface area contributed by atoms with Gasteiger partial charge in [-0.15, -0.1) is 0 Å². The van der Waals surface area contributed by atoms with Gasteiger partial charge in [-0.1, -0.05) is 0 Å². The number of carbonyl (C=O) groups is 1. The molecule has 2 heterocycles. The lowest BCUT2D eigenvalue weighted by Crippen LogP contribution is -2.23. The first-order valence-electron chi connectivity index (χ1n) is 5.98. The van der Waals surface area contributed by atoms with E-state index in [-0.39, 0.29) is 11.8 Å². The Morgan fingerprint density at radius 2 is 2.32 bits per heavy atom. The molecule has 1 unspecified atom stereocenters. The zero-order chi connectivity index (χ0) is 14.0. The standard InChI is InChI=1S/C13H17N3O3/c1-9(10-4-5-11(19-10)13(17)18)16(3)8-12-14-6-7-15(12)2/h4-7,9H,8H2,1-3H3,(H,17,18). The van der Waals surface area contributed by atoms with Gasteiger partial charge in [0.2, 0.25) is 5.76 Å². The number of nitrogens with zero attached hydrogens (tertiary/aromatic N) is 3. The lowest BCUT2D eigenvalue weighted by molar-refractivity contribution is 0.0656. The van der Waals surface area contributed by atoms with Crippen molar-refractivity contribution >= 4 is 5.97 Å². The third-order valence-electron chi connectivity index (χ3n) is 3.22. The van der Waals surface area contributed by atoms with E-state index < -0.39 is 5.97 Å². The number of carboxylic acid groups (broad SMARTS) is 1. The Balaban J connectivity index is 2.07. The van der Waals surface area contributed by atoms with E-state index in [2.05, 4.69) is 4.98 Å². The molecule has 0 aliphatic rings. The Morgan fingerprint density at radius 1 is 1.58 bits per heavy atom. The van der Waals surface area contributed by atoms with Gasteiger partial charge < -0.3 is 14.1 Å². The number of carboxylic acids is 1. The molecule has 2 rings (SSSR count). The van der Waals surface area contributed by atoms with Gasteiger partial charge in [-0.25, -0.2) is 9.78 Å². The summed E-state index contributed by atoms with van der Waals surface area (Å²) in [6.07, 6.45) is 3.65. The highest BCUT2D eigenvalue weighted by Gasteiger charge is 2.18. The van der Waals surface area contributed by atoms with Crippen LogP contribution in [0.15, 0.2) is 28.9 Å². The van der Waals surface area contributed by atoms with Crippen LogP contribution in [0.25, 0.3) is 0 Å². The summed E-state index contributed by atoms with van der Waals surface area (Å²) in [6.45, 7) is 2.63. The fourth-order valence-corrected chi connectivity index (χ4v) is 1.82. The molecule has 0 saturated heterocycles. The summed E-state index contributed by atoms with van der Waals surface area (Å²) in [7, 11) is 3.89. The smallest absolute Gasteiger partial charge is 0.371 e. The van der Waals surface area contributed by atoms with Gasteiger partial charge in [0, 0.05) is 19.4 Å². The normalized spacial score (nSPS) is 12.8. The zero-order valence-electron chi connectivity index (χ0n) is 11.2. The van der Waals surface area contributed by atoms with Crippen molar-refractivity contribution in [2.45, 2.75) is 19.5 Å². The third-order valence-corrected chi connectivity index (χ3v) is 3.22. The van der Waals surface area contributed by atoms with Crippen LogP contribution in [-0.2, 0) is 13.6 Å². The van der Waals surface area contributed by atoms with Crippen molar-refractivity contribution in [1.82, 2.24) is 14.5 Å². The molecule has 102 valence electrons. The Bertz CT molecular complexity index is 573. The summed E-state index contributed by atoms with van der Waals surface area (Å²) < 4.78 is 7.26. The zero-order valence-corrected chi connectivity index (χ0v) is 11.2. The molecule has 2 aromatic rings. The minimum absolute atomic E-state index is 0.0233. The number of imidazole rings is 1. The highest BCUT2D eigenvalue weighted by molar-refractivity contribution is 5.84. The summed E-state index contributed by atoms with van der Waals surface area (Å²) in [6, 6.07) is 3.15. The molecule has 0 radical (unpaired) electrons. The Labute approximate surface area is 111 Å². The predicted molar refractivity (Wildman–Crippen MR) is 68.8 cm³/mol. The Morgan fingerprint density at radius 3 is 2.84 bits per heavy atom. The molecule has 1 N–H and O–H groups in total. The lowest BCUT2D eigenvalue weighted by Gasteiger charge is -2.22. The number of aromatic carboxylic acids is 1. The molecule has 6 heteroatoms. The van der Waals surface area contributed by atoms with Crippen molar-refractivity contribution in [3.63, 3.8) is 0 Å². The predicted octanol–water partition coefficient (Wildman–Crippen LogP) is 1.90. The van der Waals surface area contributed by atoms with Crippen LogP contribution in [0.5, 0.6) is 0 Å². The van der Waals surface area contributed by atoms with Crippen LogP contribution in [0.4, 0.5) is 0 Å². The van der Waals surface area contributed by atoms with E-state index in [0.29, 0.717) is 12.3 Å². The highest BCUT2D eigenvalue weighted by atomic mass is 16.4. The first kappa shape index (κ1) is 13.4. The average Bonchev–Trinajstić information content (AvgIpc) is 2.98. The summed E-state index contributed by atoms with van der Waals surface area (Å²) in [5, 5.41) is 8.84. The largest absolute Gasteiger partial charge is 0.475 e. The van der Waals surface area contributed by atoms with Gasteiger partial charge >= 0.3 is 5.97 Å². The second kappa shape index (κ2) is 5.27. The molecule has 2 aromatic heterocycles. The molecule has 0 fully saturated rings. The highest BCUT2D eigenvalue weighted by Crippen LogP contribution is 2.22. The Hall–Kier alpha value is -2.08. The van der Waals surface area contributed by atoms with Crippen molar-refractivity contribution in [1.29, 1.82) is 0 Å². The van der Waals surface area contributed by atoms with Gasteiger partial charge in [0.05, 0.1) is 12.6 Å². The molecule has 0 amide bonds. The molecule has 0 aliphatic carbocycles. The van der Waals surface area contributed by atoms with E-state index >= 15 is 0 Å². The quantitative estimate of drug-likeness (QED) is 0.892. The molecular formula is C13H17N3O3. The van der Waals surface area contributed by atoms with E-state index in [1.165, 1.54) is 6.07 Å². The number of aromatic nitrogens is 2. The van der Waals surface area contributed by atoms with Crippen LogP contribution in [-0.4, -0.2) is 32.6 Å². The molecule has 0 aromatic carbocycles. The van der Waals surface area contributed by atoms with Crippen LogP contribution in [0.2, 0.25) is 0 Å². The molecule has 0 spiro atoms. The number of hydrogen-bond acceptors (Lipinski definition) is 4. The fraction of sp³-hybridized carbons (Fsp3) is 0.385. The molecule has 0 bridgehead atoms. The van der Waals surface area contributed by atoms with Crippen molar-refractivity contribution in [2.75, 3.05) is 7.05 Å². The molecule has 6 nitrogen and oxygen atoms in total. The number of rotatable bonds is 5. The number of hydrogen-bond donors (Lipinski definition) is 1. The average molecular weight is 263 g/mol. The van der Waals surface area contributed by atoms with E-state index in [1.54, 1.807) is 12.3 Å². The van der Waals surface area contributed by atoms with Crippen LogP contribution >= 0.6 is 0 Å². The van der Waals surface area contributed by atoms with Gasteiger partial charge in [0.15, 0.2) is 0 Å². The maximum absolute atomic E-state index is 10.8. The van der Waals surface area contributed by atoms with Crippen LogP contribution in [0.1, 0.15) is 35.1 Å². The molecule has 19 heavy (non-hydrogen) atoms. The van der Waals surface area contributed by atoms with Gasteiger partial charge in [-0.3, -0.25) is 4.90 Å². The summed E-state index contributed by atoms with van der Waals surface area (Å²) in [5.74, 6) is 0.492. The van der Waals surface area contributed by atoms with Crippen LogP contribution in [0, 0.1) is 0 Å². The first-order valence-corrected chi connectivity index (χ1v) is 5.98. The second-order valence-electron chi connectivity index (χ2n) is 4.55. The molecular weight excluding hydrogens is 246 g/mol. The van der Waals surface area contributed by atoms with Gasteiger partial charge in [-0.2, -0.15) is 0 Å². The van der Waals surface area contributed by atoms with Crippen molar-refractivity contribution in [3.05, 3.63) is 41.9 Å². The lowest BCUT2D eigenvalue weighted by atomic mass is 10.2. The van der Waals surface area contributed by atoms with E-state index in [0.717, 1.165) is 5.82 Å². The van der Waals surface area contributed by atoms with Gasteiger partial charge in [0.25, 0.3) is 0 Å². The first-order chi connectivity index (χ1) is 8.99. The van der Waals surface area contributed by atoms with Crippen molar-refractivity contribution in [2.24, 2.45) is 7.05 Å². The topological polar surface area (TPSA) is 71.5 Å². The molecule has 0 aliphatic heterocycles. The number of aryl methyl sites for hydroxylation is 1. The maximum Gasteiger partial charge on any atom is 0.371 e. The summed E-state index contributed by atoms with van der Waals surface area (Å²) in [5.41, 5.74) is 0. The van der Waals surface area contributed by atoms with E-state index in [4.69, 9.17) is 9.52 Å². The van der Waals surface area contributed by atoms with Gasteiger partial charge in [-0.05, 0) is 26.1 Å². The van der Waals surface area contributed by atoms with Crippen molar-refractivity contribution in [3.8, 4) is 0 Å². The minimum Gasteiger partial charge on any atom is -0.475 e. The summed E-state index contributed by atoms with van der Waals surface area (Å²) in [4.78, 5) is 17.1. The van der Waals surface area contributed by atoms with Crippen LogP contribution in [0.3, 0.4) is 0 Å². The van der Waals surface area contributed by atoms with Crippen LogP contribution < -0.4 is 0 Å². The van der Waals surface area contributed by atoms with E-state index in [1.807, 2.05) is 36.7 Å². The van der Waals surface area contributed by atoms with Crippen molar-refractivity contribution < 1.29 is 14.3 Å². The fourth-order valence-electron chi connectivity index (χ4n) is 1.82. The molecule has 0 saturated carbocycles. The third kappa shape index (κ3) is 2.85. The second-order valence-corrected chi connectivity index (χ2v) is 4.55. The SMILES string of the molecule is CC(c1ccc(C(=O)O)o1)N(C)Cc1nccn1C. The maximum atomic E-state index is 10.8. The summed E-state index contributed by atoms with van der Waals surface area (Å²) >= 11 is 0. The van der Waals surface area contributed by atoms with E-state index in [9.17, 15) is 4.79 Å². The molecule has 1 atom stereocenters. The minimum atomic E-state index is -1.05. The van der Waals surface area contributed by atoms with Gasteiger partial charge in [0.1, 0.15) is 11.6 Å². The number of furan rings is 1.